The zero-order valence-electron chi connectivity index (χ0n) is 10.2. The van der Waals surface area contributed by atoms with Gasteiger partial charge in [-0.25, -0.2) is 4.98 Å². The molecule has 0 amide bonds. The molecule has 0 aliphatic carbocycles. The van der Waals surface area contributed by atoms with Gasteiger partial charge in [-0.1, -0.05) is 0 Å². The van der Waals surface area contributed by atoms with Gasteiger partial charge >= 0.3 is 6.18 Å². The minimum absolute atomic E-state index is 0.271. The Morgan fingerprint density at radius 2 is 1.89 bits per heavy atom. The zero-order chi connectivity index (χ0) is 14.1. The number of thiazole rings is 1. The first-order valence-corrected chi connectivity index (χ1v) is 6.26. The summed E-state index contributed by atoms with van der Waals surface area (Å²) in [6.45, 7) is 3.73. The topological polar surface area (TPSA) is 50.7 Å². The van der Waals surface area contributed by atoms with Gasteiger partial charge in [-0.05, 0) is 26.0 Å². The summed E-state index contributed by atoms with van der Waals surface area (Å²) in [4.78, 5) is 4.17. The lowest BCUT2D eigenvalue weighted by molar-refractivity contribution is -0.141. The Bertz CT molecular complexity index is 534. The van der Waals surface area contributed by atoms with Crippen LogP contribution in [0.5, 0.6) is 0 Å². The van der Waals surface area contributed by atoms with Crippen LogP contribution in [0.4, 0.5) is 19.0 Å². The normalized spacial score (nSPS) is 12.5. The van der Waals surface area contributed by atoms with Crippen LogP contribution in [0.1, 0.15) is 24.5 Å². The van der Waals surface area contributed by atoms with Gasteiger partial charge in [0.05, 0.1) is 5.54 Å². The van der Waals surface area contributed by atoms with Crippen molar-refractivity contribution in [1.29, 1.82) is 0 Å². The molecule has 4 nitrogen and oxygen atoms in total. The molecule has 2 aromatic rings. The van der Waals surface area contributed by atoms with Gasteiger partial charge in [0.25, 0.3) is 0 Å². The summed E-state index contributed by atoms with van der Waals surface area (Å²) in [5.41, 5.74) is -1.53. The molecule has 0 spiro atoms. The first-order chi connectivity index (χ1) is 8.79. The second kappa shape index (κ2) is 4.76. The third-order valence-electron chi connectivity index (χ3n) is 2.36. The van der Waals surface area contributed by atoms with Crippen LogP contribution < -0.4 is 5.32 Å². The second-order valence-electron chi connectivity index (χ2n) is 4.39. The smallest absolute Gasteiger partial charge is 0.357 e. The van der Waals surface area contributed by atoms with E-state index in [1.807, 2.05) is 19.2 Å². The van der Waals surface area contributed by atoms with E-state index in [0.29, 0.717) is 0 Å². The molecule has 0 fully saturated rings. The molecule has 0 atom stereocenters. The molecule has 2 heterocycles. The zero-order valence-corrected chi connectivity index (χ0v) is 11.0. The van der Waals surface area contributed by atoms with Gasteiger partial charge < -0.3 is 5.32 Å². The number of hydrogen-bond donors (Lipinski definition) is 1. The molecule has 0 bridgehead atoms. The van der Waals surface area contributed by atoms with Crippen molar-refractivity contribution in [3.05, 3.63) is 34.4 Å². The van der Waals surface area contributed by atoms with E-state index in [0.717, 1.165) is 11.1 Å². The van der Waals surface area contributed by atoms with Crippen molar-refractivity contribution in [3.63, 3.8) is 0 Å². The summed E-state index contributed by atoms with van der Waals surface area (Å²) in [5, 5.41) is 12.3. The molecular weight excluding hydrogens is 277 g/mol. The lowest BCUT2D eigenvalue weighted by atomic mass is 10.1. The Hall–Kier alpha value is -1.70. The van der Waals surface area contributed by atoms with Gasteiger partial charge in [-0.2, -0.15) is 13.2 Å². The third-order valence-corrected chi connectivity index (χ3v) is 3.46. The summed E-state index contributed by atoms with van der Waals surface area (Å²) >= 11 is 1.45. The van der Waals surface area contributed by atoms with Crippen LogP contribution in [-0.2, 0) is 11.7 Å². The van der Waals surface area contributed by atoms with E-state index in [1.54, 1.807) is 6.20 Å². The van der Waals surface area contributed by atoms with E-state index in [4.69, 9.17) is 0 Å². The van der Waals surface area contributed by atoms with Gasteiger partial charge in [0.15, 0.2) is 5.69 Å². The number of alkyl halides is 3. The fraction of sp³-hybridized carbons (Fsp3) is 0.364. The standard InChI is InChI=1S/C11H11F3N4S/c1-10(2,9-15-5-6-19-9)16-8-4-3-7(17-18-8)11(12,13)14/h3-6H,1-2H3,(H,16,18). The van der Waals surface area contributed by atoms with E-state index in [1.165, 1.54) is 17.4 Å². The highest BCUT2D eigenvalue weighted by atomic mass is 32.1. The maximum Gasteiger partial charge on any atom is 0.435 e. The molecule has 8 heteroatoms. The average molecular weight is 288 g/mol. The molecule has 0 aromatic carbocycles. The molecule has 2 rings (SSSR count). The SMILES string of the molecule is CC(C)(Nc1ccc(C(F)(F)F)nn1)c1nccs1. The Morgan fingerprint density at radius 3 is 2.37 bits per heavy atom. The predicted molar refractivity (Wildman–Crippen MR) is 65.8 cm³/mol. The predicted octanol–water partition coefficient (Wildman–Crippen LogP) is 3.30. The number of hydrogen-bond acceptors (Lipinski definition) is 5. The van der Waals surface area contributed by atoms with Gasteiger partial charge in [0, 0.05) is 11.6 Å². The molecule has 0 aliphatic heterocycles. The van der Waals surface area contributed by atoms with Crippen LogP contribution in [-0.4, -0.2) is 15.2 Å². The monoisotopic (exact) mass is 288 g/mol. The van der Waals surface area contributed by atoms with Crippen LogP contribution in [0.3, 0.4) is 0 Å². The van der Waals surface area contributed by atoms with Crippen molar-refractivity contribution in [2.24, 2.45) is 0 Å². The van der Waals surface area contributed by atoms with E-state index in [2.05, 4.69) is 20.5 Å². The van der Waals surface area contributed by atoms with Crippen LogP contribution in [0.15, 0.2) is 23.7 Å². The number of rotatable bonds is 3. The van der Waals surface area contributed by atoms with Crippen molar-refractivity contribution in [3.8, 4) is 0 Å². The molecule has 0 aliphatic rings. The van der Waals surface area contributed by atoms with E-state index in [9.17, 15) is 13.2 Å². The Kier molecular flexibility index (Phi) is 3.44. The van der Waals surface area contributed by atoms with Crippen molar-refractivity contribution >= 4 is 17.2 Å². The Balaban J connectivity index is 2.16. The molecule has 1 N–H and O–H groups in total. The Labute approximate surface area is 111 Å². The summed E-state index contributed by atoms with van der Waals surface area (Å²) in [5.74, 6) is 0.271. The van der Waals surface area contributed by atoms with Gasteiger partial charge in [-0.3, -0.25) is 0 Å². The summed E-state index contributed by atoms with van der Waals surface area (Å²) < 4.78 is 37.0. The molecule has 19 heavy (non-hydrogen) atoms. The fourth-order valence-electron chi connectivity index (χ4n) is 1.46. The van der Waals surface area contributed by atoms with Crippen molar-refractivity contribution in [1.82, 2.24) is 15.2 Å². The molecule has 0 saturated heterocycles. The van der Waals surface area contributed by atoms with Crippen LogP contribution in [0.25, 0.3) is 0 Å². The highest BCUT2D eigenvalue weighted by Crippen LogP contribution is 2.29. The molecular formula is C11H11F3N4S. The van der Waals surface area contributed by atoms with Gasteiger partial charge in [0.1, 0.15) is 10.8 Å². The van der Waals surface area contributed by atoms with Gasteiger partial charge in [-0.15, -0.1) is 21.5 Å². The van der Waals surface area contributed by atoms with Crippen molar-refractivity contribution in [2.75, 3.05) is 5.32 Å². The van der Waals surface area contributed by atoms with E-state index >= 15 is 0 Å². The summed E-state index contributed by atoms with van der Waals surface area (Å²) in [6, 6.07) is 2.15. The largest absolute Gasteiger partial charge is 0.435 e. The Morgan fingerprint density at radius 1 is 1.16 bits per heavy atom. The molecule has 0 saturated carbocycles. The number of nitrogens with zero attached hydrogens (tertiary/aromatic N) is 3. The fourth-order valence-corrected chi connectivity index (χ4v) is 2.17. The average Bonchev–Trinajstić information content (AvgIpc) is 2.82. The third kappa shape index (κ3) is 3.19. The van der Waals surface area contributed by atoms with Crippen molar-refractivity contribution < 1.29 is 13.2 Å². The van der Waals surface area contributed by atoms with E-state index < -0.39 is 17.4 Å². The van der Waals surface area contributed by atoms with Crippen LogP contribution in [0.2, 0.25) is 0 Å². The molecule has 0 unspecified atom stereocenters. The first-order valence-electron chi connectivity index (χ1n) is 5.38. The van der Waals surface area contributed by atoms with Crippen LogP contribution in [0, 0.1) is 0 Å². The molecule has 102 valence electrons. The number of nitrogens with one attached hydrogen (secondary N) is 1. The molecule has 0 radical (unpaired) electrons. The number of aromatic nitrogens is 3. The van der Waals surface area contributed by atoms with Crippen LogP contribution >= 0.6 is 11.3 Å². The second-order valence-corrected chi connectivity index (χ2v) is 5.28. The maximum atomic E-state index is 12.3. The lowest BCUT2D eigenvalue weighted by Gasteiger charge is -2.24. The highest BCUT2D eigenvalue weighted by molar-refractivity contribution is 7.09. The summed E-state index contributed by atoms with van der Waals surface area (Å²) in [7, 11) is 0. The highest BCUT2D eigenvalue weighted by Gasteiger charge is 2.33. The number of halogens is 3. The minimum atomic E-state index is -4.48. The first kappa shape index (κ1) is 13.7. The maximum absolute atomic E-state index is 12.3. The quantitative estimate of drug-likeness (QED) is 0.941. The number of anilines is 1. The van der Waals surface area contributed by atoms with Gasteiger partial charge in [0.2, 0.25) is 0 Å². The minimum Gasteiger partial charge on any atom is -0.357 e. The lowest BCUT2D eigenvalue weighted by Crippen LogP contribution is -2.28. The molecule has 2 aromatic heterocycles. The summed E-state index contributed by atoms with van der Waals surface area (Å²) in [6.07, 6.45) is -2.81. The van der Waals surface area contributed by atoms with E-state index in [-0.39, 0.29) is 5.82 Å². The van der Waals surface area contributed by atoms with Crippen molar-refractivity contribution in [2.45, 2.75) is 25.6 Å².